The molecule has 0 unspecified atom stereocenters. The minimum Gasteiger partial charge on any atom is -0.496 e. The molecule has 0 heterocycles. The Morgan fingerprint density at radius 1 is 1.35 bits per heavy atom. The van der Waals surface area contributed by atoms with E-state index < -0.39 is 15.9 Å². The zero-order chi connectivity index (χ0) is 15.6. The van der Waals surface area contributed by atoms with Gasteiger partial charge in [-0.05, 0) is 23.6 Å². The first-order valence-electron chi connectivity index (χ1n) is 6.03. The molecule has 0 saturated carbocycles. The van der Waals surface area contributed by atoms with Gasteiger partial charge in [0.25, 0.3) is 5.91 Å². The van der Waals surface area contributed by atoms with E-state index >= 15 is 0 Å². The fraction of sp³-hybridized carbons (Fsp3) is 0.462. The first-order chi connectivity index (χ1) is 9.04. The minimum atomic E-state index is -3.86. The number of ether oxygens (including phenoxy) is 1. The number of nitrogens with one attached hydrogen (secondary N) is 1. The van der Waals surface area contributed by atoms with Crippen LogP contribution in [0.4, 0.5) is 0 Å². The number of methoxy groups -OCH3 is 1. The van der Waals surface area contributed by atoms with E-state index in [0.29, 0.717) is 12.3 Å². The summed E-state index contributed by atoms with van der Waals surface area (Å²) >= 11 is 0. The number of amides is 1. The molecule has 1 amide bonds. The summed E-state index contributed by atoms with van der Waals surface area (Å²) in [5.74, 6) is -0.105. The molecule has 0 saturated heterocycles. The number of carbonyl (C=O) groups excluding carboxylic acids is 1. The van der Waals surface area contributed by atoms with Crippen LogP contribution in [0.3, 0.4) is 0 Å². The van der Waals surface area contributed by atoms with Crippen molar-refractivity contribution in [3.05, 3.63) is 23.8 Å². The summed E-state index contributed by atoms with van der Waals surface area (Å²) in [6.07, 6.45) is 0. The van der Waals surface area contributed by atoms with E-state index in [9.17, 15) is 13.2 Å². The quantitative estimate of drug-likeness (QED) is 0.870. The number of rotatable bonds is 4. The molecule has 1 aromatic rings. The van der Waals surface area contributed by atoms with Crippen molar-refractivity contribution in [1.82, 2.24) is 5.32 Å². The van der Waals surface area contributed by atoms with Gasteiger partial charge in [-0.2, -0.15) is 0 Å². The van der Waals surface area contributed by atoms with Crippen molar-refractivity contribution in [1.29, 1.82) is 0 Å². The van der Waals surface area contributed by atoms with Gasteiger partial charge in [0, 0.05) is 6.54 Å². The molecule has 0 atom stereocenters. The van der Waals surface area contributed by atoms with Crippen LogP contribution < -0.4 is 15.2 Å². The Morgan fingerprint density at radius 3 is 2.40 bits per heavy atom. The summed E-state index contributed by atoms with van der Waals surface area (Å²) in [6.45, 7) is 6.39. The summed E-state index contributed by atoms with van der Waals surface area (Å²) < 4.78 is 27.7. The van der Waals surface area contributed by atoms with E-state index in [1.807, 2.05) is 20.8 Å². The summed E-state index contributed by atoms with van der Waals surface area (Å²) in [4.78, 5) is 12.0. The zero-order valence-corrected chi connectivity index (χ0v) is 12.9. The predicted molar refractivity (Wildman–Crippen MR) is 76.2 cm³/mol. The third kappa shape index (κ3) is 4.50. The van der Waals surface area contributed by atoms with E-state index in [-0.39, 0.29) is 15.9 Å². The van der Waals surface area contributed by atoms with Crippen molar-refractivity contribution < 1.29 is 17.9 Å². The van der Waals surface area contributed by atoms with E-state index in [1.165, 1.54) is 25.3 Å². The lowest BCUT2D eigenvalue weighted by atomic mass is 9.97. The smallest absolute Gasteiger partial charge is 0.255 e. The van der Waals surface area contributed by atoms with E-state index in [1.54, 1.807) is 0 Å². The van der Waals surface area contributed by atoms with Crippen molar-refractivity contribution >= 4 is 15.9 Å². The maximum absolute atomic E-state index is 12.1. The molecule has 7 heteroatoms. The Balaban J connectivity index is 3.11. The predicted octanol–water partition coefficient (Wildman–Crippen LogP) is 1.12. The van der Waals surface area contributed by atoms with Gasteiger partial charge in [0.15, 0.2) is 0 Å². The average molecular weight is 300 g/mol. The molecular formula is C13H20N2O4S. The van der Waals surface area contributed by atoms with Crippen molar-refractivity contribution in [3.8, 4) is 5.75 Å². The van der Waals surface area contributed by atoms with Gasteiger partial charge < -0.3 is 10.1 Å². The lowest BCUT2D eigenvalue weighted by molar-refractivity contribution is 0.0936. The first kappa shape index (κ1) is 16.5. The highest BCUT2D eigenvalue weighted by Crippen LogP contribution is 2.22. The van der Waals surface area contributed by atoms with E-state index in [4.69, 9.17) is 9.88 Å². The molecule has 0 aliphatic carbocycles. The molecule has 1 rings (SSSR count). The number of nitrogens with two attached hydrogens (primary N) is 1. The van der Waals surface area contributed by atoms with Gasteiger partial charge in [-0.25, -0.2) is 13.6 Å². The van der Waals surface area contributed by atoms with Crippen LogP contribution in [0.2, 0.25) is 0 Å². The molecule has 0 radical (unpaired) electrons. The standard InChI is InChI=1S/C13H20N2O4S/c1-13(2,3)8-15-12(16)10-7-9(20(14,17)18)5-6-11(10)19-4/h5-7H,8H2,1-4H3,(H,15,16)(H2,14,17,18). The number of hydrogen-bond acceptors (Lipinski definition) is 4. The molecule has 112 valence electrons. The lowest BCUT2D eigenvalue weighted by Gasteiger charge is -2.19. The molecular weight excluding hydrogens is 280 g/mol. The molecule has 3 N–H and O–H groups in total. The van der Waals surface area contributed by atoms with E-state index in [2.05, 4.69) is 5.32 Å². The Bertz CT molecular complexity index is 603. The normalized spacial score (nSPS) is 12.1. The van der Waals surface area contributed by atoms with Crippen molar-refractivity contribution in [2.45, 2.75) is 25.7 Å². The second kappa shape index (κ2) is 5.80. The summed E-state index contributed by atoms with van der Waals surface area (Å²) in [6, 6.07) is 3.92. The van der Waals surface area contributed by atoms with Crippen LogP contribution >= 0.6 is 0 Å². The van der Waals surface area contributed by atoms with Crippen molar-refractivity contribution in [2.24, 2.45) is 10.6 Å². The van der Waals surface area contributed by atoms with Gasteiger partial charge in [-0.3, -0.25) is 4.79 Å². The summed E-state index contributed by atoms with van der Waals surface area (Å²) in [5.41, 5.74) is 0.0590. The van der Waals surface area contributed by atoms with Crippen LogP contribution in [0.25, 0.3) is 0 Å². The number of sulfonamides is 1. The Labute approximate surface area is 119 Å². The molecule has 20 heavy (non-hydrogen) atoms. The largest absolute Gasteiger partial charge is 0.496 e. The third-order valence-corrected chi connectivity index (χ3v) is 3.43. The zero-order valence-electron chi connectivity index (χ0n) is 12.1. The van der Waals surface area contributed by atoms with Crippen LogP contribution in [0.1, 0.15) is 31.1 Å². The summed E-state index contributed by atoms with van der Waals surface area (Å²) in [5, 5.41) is 7.80. The first-order valence-corrected chi connectivity index (χ1v) is 7.58. The van der Waals surface area contributed by atoms with Gasteiger partial charge in [-0.15, -0.1) is 0 Å². The average Bonchev–Trinajstić information content (AvgIpc) is 2.33. The Kier molecular flexibility index (Phi) is 4.77. The Hall–Kier alpha value is -1.60. The number of hydrogen-bond donors (Lipinski definition) is 2. The van der Waals surface area contributed by atoms with Gasteiger partial charge in [0.1, 0.15) is 5.75 Å². The van der Waals surface area contributed by atoms with Gasteiger partial charge in [0.2, 0.25) is 10.0 Å². The molecule has 1 aromatic carbocycles. The second-order valence-electron chi connectivity index (χ2n) is 5.65. The van der Waals surface area contributed by atoms with E-state index in [0.717, 1.165) is 0 Å². The fourth-order valence-electron chi connectivity index (χ4n) is 1.48. The number of primary sulfonamides is 1. The van der Waals surface area contributed by atoms with Gasteiger partial charge in [0.05, 0.1) is 17.6 Å². The van der Waals surface area contributed by atoms with Crippen LogP contribution in [-0.2, 0) is 10.0 Å². The van der Waals surface area contributed by atoms with Gasteiger partial charge in [-0.1, -0.05) is 20.8 Å². The molecule has 0 aromatic heterocycles. The van der Waals surface area contributed by atoms with Crippen molar-refractivity contribution in [2.75, 3.05) is 13.7 Å². The number of carbonyl (C=O) groups is 1. The summed E-state index contributed by atoms with van der Waals surface area (Å²) in [7, 11) is -2.45. The molecule has 0 aliphatic heterocycles. The van der Waals surface area contributed by atoms with Crippen molar-refractivity contribution in [3.63, 3.8) is 0 Å². The van der Waals surface area contributed by atoms with Gasteiger partial charge >= 0.3 is 0 Å². The Morgan fingerprint density at radius 2 is 1.95 bits per heavy atom. The monoisotopic (exact) mass is 300 g/mol. The molecule has 0 spiro atoms. The lowest BCUT2D eigenvalue weighted by Crippen LogP contribution is -2.32. The van der Waals surface area contributed by atoms with Crippen LogP contribution in [0, 0.1) is 5.41 Å². The number of benzene rings is 1. The highest BCUT2D eigenvalue weighted by Gasteiger charge is 2.19. The highest BCUT2D eigenvalue weighted by molar-refractivity contribution is 7.89. The van der Waals surface area contributed by atoms with Crippen LogP contribution in [0.5, 0.6) is 5.75 Å². The molecule has 0 bridgehead atoms. The molecule has 0 aliphatic rings. The second-order valence-corrected chi connectivity index (χ2v) is 7.21. The fourth-order valence-corrected chi connectivity index (χ4v) is 2.02. The van der Waals surface area contributed by atoms with Crippen LogP contribution in [0.15, 0.2) is 23.1 Å². The maximum atomic E-state index is 12.1. The third-order valence-electron chi connectivity index (χ3n) is 2.52. The molecule has 0 fully saturated rings. The highest BCUT2D eigenvalue weighted by atomic mass is 32.2. The minimum absolute atomic E-state index is 0.0829. The topological polar surface area (TPSA) is 98.5 Å². The molecule has 6 nitrogen and oxygen atoms in total. The SMILES string of the molecule is COc1ccc(S(N)(=O)=O)cc1C(=O)NCC(C)(C)C. The maximum Gasteiger partial charge on any atom is 0.255 e. The van der Waals surface area contributed by atoms with Crippen LogP contribution in [-0.4, -0.2) is 28.0 Å².